The van der Waals surface area contributed by atoms with Crippen molar-refractivity contribution in [2.24, 2.45) is 22.2 Å². The first-order valence-electron chi connectivity index (χ1n) is 7.64. The van der Waals surface area contributed by atoms with E-state index in [1.807, 2.05) is 21.0 Å². The number of piperidine rings is 1. The number of ether oxygens (including phenoxy) is 1. The lowest BCUT2D eigenvalue weighted by molar-refractivity contribution is -0.00534. The molecule has 20 heavy (non-hydrogen) atoms. The Balaban J connectivity index is 2.25. The van der Waals surface area contributed by atoms with Gasteiger partial charge in [0.2, 0.25) is 0 Å². The minimum atomic E-state index is -0.222. The number of methoxy groups -OCH3 is 1. The van der Waals surface area contributed by atoms with Gasteiger partial charge in [0.25, 0.3) is 0 Å². The average Bonchev–Trinajstić information content (AvgIpc) is 2.44. The second-order valence-electron chi connectivity index (χ2n) is 6.67. The minimum absolute atomic E-state index is 0.222. The van der Waals surface area contributed by atoms with Gasteiger partial charge in [-0.1, -0.05) is 32.3 Å². The molecule has 0 aromatic rings. The Kier molecular flexibility index (Phi) is 6.76. The number of unbranched alkanes of at least 4 members (excludes halogenated alkanes) is 1. The summed E-state index contributed by atoms with van der Waals surface area (Å²) in [4.78, 5) is 2.49. The molecule has 5 nitrogen and oxygen atoms in total. The summed E-state index contributed by atoms with van der Waals surface area (Å²) >= 11 is 0. The molecule has 0 aromatic heterocycles. The van der Waals surface area contributed by atoms with Crippen molar-refractivity contribution < 1.29 is 9.94 Å². The first-order chi connectivity index (χ1) is 9.40. The van der Waals surface area contributed by atoms with Gasteiger partial charge in [-0.3, -0.25) is 0 Å². The van der Waals surface area contributed by atoms with Crippen LogP contribution in [0.5, 0.6) is 0 Å². The normalized spacial score (nSPS) is 25.9. The van der Waals surface area contributed by atoms with Crippen molar-refractivity contribution in [1.29, 1.82) is 0 Å². The van der Waals surface area contributed by atoms with Gasteiger partial charge in [-0.25, -0.2) is 0 Å². The van der Waals surface area contributed by atoms with Crippen LogP contribution in [-0.4, -0.2) is 48.8 Å². The Morgan fingerprint density at radius 2 is 2.15 bits per heavy atom. The van der Waals surface area contributed by atoms with E-state index in [0.717, 1.165) is 32.4 Å². The van der Waals surface area contributed by atoms with E-state index in [9.17, 15) is 0 Å². The van der Waals surface area contributed by atoms with Gasteiger partial charge in [0.05, 0.1) is 6.10 Å². The van der Waals surface area contributed by atoms with Crippen LogP contribution in [0, 0.1) is 11.3 Å². The van der Waals surface area contributed by atoms with E-state index in [2.05, 4.69) is 17.0 Å². The number of rotatable bonds is 7. The van der Waals surface area contributed by atoms with Crippen LogP contribution in [0.3, 0.4) is 0 Å². The number of oxime groups is 1. The molecule has 1 rings (SSSR count). The number of nitrogens with zero attached hydrogens (tertiary/aromatic N) is 2. The number of nitrogens with two attached hydrogens (primary N) is 1. The molecule has 5 heteroatoms. The maximum Gasteiger partial charge on any atom is 0.144 e. The molecule has 118 valence electrons. The standard InChI is InChI=1S/C15H31N3O2/c1-12-7-10-18(11-13(12)20-4)9-6-5-8-15(2,3)14(16)17-19/h12-13,19H,5-11H2,1-4H3,(H2,16,17). The topological polar surface area (TPSA) is 71.1 Å². The van der Waals surface area contributed by atoms with Crippen molar-refractivity contribution in [2.75, 3.05) is 26.7 Å². The molecule has 3 N–H and O–H groups in total. The molecule has 0 amide bonds. The summed E-state index contributed by atoms with van der Waals surface area (Å²) in [6.07, 6.45) is 4.77. The third kappa shape index (κ3) is 4.94. The third-order valence-corrected chi connectivity index (χ3v) is 4.60. The largest absolute Gasteiger partial charge is 0.409 e. The van der Waals surface area contributed by atoms with Crippen LogP contribution >= 0.6 is 0 Å². The maximum atomic E-state index is 8.75. The number of hydrogen-bond donors (Lipinski definition) is 2. The molecule has 2 atom stereocenters. The fourth-order valence-electron chi connectivity index (χ4n) is 2.77. The summed E-state index contributed by atoms with van der Waals surface area (Å²) in [7, 11) is 1.81. The zero-order chi connectivity index (χ0) is 15.2. The molecule has 0 radical (unpaired) electrons. The van der Waals surface area contributed by atoms with Crippen molar-refractivity contribution in [3.8, 4) is 0 Å². The van der Waals surface area contributed by atoms with Gasteiger partial charge in [0.15, 0.2) is 0 Å². The van der Waals surface area contributed by atoms with Gasteiger partial charge in [-0.05, 0) is 38.3 Å². The van der Waals surface area contributed by atoms with Gasteiger partial charge in [-0.15, -0.1) is 0 Å². The Hall–Kier alpha value is -0.810. The molecule has 1 fully saturated rings. The summed E-state index contributed by atoms with van der Waals surface area (Å²) in [6.45, 7) is 9.63. The van der Waals surface area contributed by atoms with E-state index in [1.165, 1.54) is 13.0 Å². The number of likely N-dealkylation sites (tertiary alicyclic amines) is 1. The zero-order valence-electron chi connectivity index (χ0n) is 13.4. The van der Waals surface area contributed by atoms with Gasteiger partial charge in [0, 0.05) is 19.1 Å². The monoisotopic (exact) mass is 285 g/mol. The predicted octanol–water partition coefficient (Wildman–Crippen LogP) is 2.29. The van der Waals surface area contributed by atoms with E-state index in [0.29, 0.717) is 17.9 Å². The summed E-state index contributed by atoms with van der Waals surface area (Å²) in [5.74, 6) is 0.986. The molecule has 1 saturated heterocycles. The molecule has 0 bridgehead atoms. The van der Waals surface area contributed by atoms with E-state index in [1.54, 1.807) is 0 Å². The molecule has 1 aliphatic heterocycles. The highest BCUT2D eigenvalue weighted by molar-refractivity contribution is 5.85. The highest BCUT2D eigenvalue weighted by atomic mass is 16.5. The third-order valence-electron chi connectivity index (χ3n) is 4.60. The van der Waals surface area contributed by atoms with Crippen LogP contribution in [0.1, 0.15) is 46.5 Å². The molecule has 1 heterocycles. The first-order valence-corrected chi connectivity index (χ1v) is 7.64. The van der Waals surface area contributed by atoms with Gasteiger partial charge in [-0.2, -0.15) is 0 Å². The Bertz CT molecular complexity index is 318. The molecule has 0 aliphatic carbocycles. The van der Waals surface area contributed by atoms with Crippen LogP contribution in [0.4, 0.5) is 0 Å². The molecule has 0 saturated carbocycles. The Morgan fingerprint density at radius 3 is 2.75 bits per heavy atom. The highest BCUT2D eigenvalue weighted by Gasteiger charge is 2.26. The molecule has 0 spiro atoms. The summed E-state index contributed by atoms with van der Waals surface area (Å²) in [6, 6.07) is 0. The van der Waals surface area contributed by atoms with Crippen molar-refractivity contribution in [2.45, 2.75) is 52.6 Å². The van der Waals surface area contributed by atoms with Crippen LogP contribution < -0.4 is 5.73 Å². The van der Waals surface area contributed by atoms with Crippen LogP contribution in [0.2, 0.25) is 0 Å². The molecule has 0 aromatic carbocycles. The second kappa shape index (κ2) is 7.84. The lowest BCUT2D eigenvalue weighted by atomic mass is 9.86. The summed E-state index contributed by atoms with van der Waals surface area (Å²) < 4.78 is 5.54. The molecule has 1 aliphatic rings. The predicted molar refractivity (Wildman–Crippen MR) is 82.1 cm³/mol. The van der Waals surface area contributed by atoms with Gasteiger partial charge < -0.3 is 20.6 Å². The SMILES string of the molecule is COC1CN(CCCCC(C)(C)C(N)=NO)CCC1C. The first kappa shape index (κ1) is 17.2. The van der Waals surface area contributed by atoms with Crippen LogP contribution in [0.15, 0.2) is 5.16 Å². The second-order valence-corrected chi connectivity index (χ2v) is 6.67. The number of amidine groups is 1. The van der Waals surface area contributed by atoms with Crippen molar-refractivity contribution in [3.05, 3.63) is 0 Å². The van der Waals surface area contributed by atoms with Crippen molar-refractivity contribution in [1.82, 2.24) is 4.90 Å². The van der Waals surface area contributed by atoms with E-state index < -0.39 is 0 Å². The highest BCUT2D eigenvalue weighted by Crippen LogP contribution is 2.24. The van der Waals surface area contributed by atoms with Crippen LogP contribution in [-0.2, 0) is 4.74 Å². The smallest absolute Gasteiger partial charge is 0.144 e. The maximum absolute atomic E-state index is 8.75. The zero-order valence-corrected chi connectivity index (χ0v) is 13.4. The fourth-order valence-corrected chi connectivity index (χ4v) is 2.77. The fraction of sp³-hybridized carbons (Fsp3) is 0.933. The van der Waals surface area contributed by atoms with Gasteiger partial charge >= 0.3 is 0 Å². The lowest BCUT2D eigenvalue weighted by Gasteiger charge is -2.36. The Labute approximate surface area is 123 Å². The molecular weight excluding hydrogens is 254 g/mol. The average molecular weight is 285 g/mol. The number of hydrogen-bond acceptors (Lipinski definition) is 4. The molecule has 2 unspecified atom stereocenters. The van der Waals surface area contributed by atoms with E-state index >= 15 is 0 Å². The minimum Gasteiger partial charge on any atom is -0.409 e. The lowest BCUT2D eigenvalue weighted by Crippen LogP contribution is -2.44. The summed E-state index contributed by atoms with van der Waals surface area (Å²) in [5.41, 5.74) is 5.48. The quantitative estimate of drug-likeness (QED) is 0.247. The van der Waals surface area contributed by atoms with E-state index in [4.69, 9.17) is 15.7 Å². The Morgan fingerprint density at radius 1 is 1.45 bits per heavy atom. The van der Waals surface area contributed by atoms with E-state index in [-0.39, 0.29) is 5.41 Å². The molecular formula is C15H31N3O2. The van der Waals surface area contributed by atoms with Gasteiger partial charge in [0.1, 0.15) is 5.84 Å². The van der Waals surface area contributed by atoms with Crippen LogP contribution in [0.25, 0.3) is 0 Å². The summed E-state index contributed by atoms with van der Waals surface area (Å²) in [5, 5.41) is 11.9. The van der Waals surface area contributed by atoms with Crippen molar-refractivity contribution in [3.63, 3.8) is 0 Å². The van der Waals surface area contributed by atoms with Crippen molar-refractivity contribution >= 4 is 5.84 Å².